The van der Waals surface area contributed by atoms with Crippen LogP contribution in [0.15, 0.2) is 61.3 Å². The van der Waals surface area contributed by atoms with E-state index in [4.69, 9.17) is 9.47 Å². The second-order valence-corrected chi connectivity index (χ2v) is 18.5. The Balaban J connectivity index is 1.30. The predicted octanol–water partition coefficient (Wildman–Crippen LogP) is 8.44. The number of nitrogens with zero attached hydrogens (tertiary/aromatic N) is 1. The topological polar surface area (TPSA) is 98.0 Å². The van der Waals surface area contributed by atoms with Crippen LogP contribution in [0.5, 0.6) is 0 Å². The van der Waals surface area contributed by atoms with Crippen molar-refractivity contribution in [2.75, 3.05) is 6.61 Å². The van der Waals surface area contributed by atoms with Crippen molar-refractivity contribution in [1.29, 1.82) is 0 Å². The third kappa shape index (κ3) is 4.42. The summed E-state index contributed by atoms with van der Waals surface area (Å²) in [5, 5.41) is 25.0. The average molecular weight is 706 g/mol. The van der Waals surface area contributed by atoms with Crippen molar-refractivity contribution in [3.63, 3.8) is 0 Å². The largest absolute Gasteiger partial charge is 0.458 e. The Morgan fingerprint density at radius 2 is 1.83 bits per heavy atom. The first-order chi connectivity index (χ1) is 24.3. The highest BCUT2D eigenvalue weighted by Crippen LogP contribution is 2.71. The Morgan fingerprint density at radius 1 is 1.10 bits per heavy atom. The minimum atomic E-state index is -0.858. The van der Waals surface area contributed by atoms with Crippen LogP contribution < -0.4 is 0 Å². The number of allylic oxidation sites excluding steroid dienone is 3. The number of rotatable bonds is 6. The number of Topliss-reactive ketones (excluding diaryl/α,β-unsaturated/α-hetero) is 1. The summed E-state index contributed by atoms with van der Waals surface area (Å²) in [4.78, 5) is 27.0. The number of esters is 1. The van der Waals surface area contributed by atoms with E-state index < -0.39 is 40.8 Å². The van der Waals surface area contributed by atoms with E-state index in [1.54, 1.807) is 12.2 Å². The number of carbonyl (C=O) groups is 2. The standard InChI is InChI=1S/C45H55NO6/c1-11-20-51-32(48)14-12-13-18-43(8)30-16-15-25-21-28-27-22-26-29-23-41(4,5)52-42(6,7)35(29)38(49)33(26)34-37(27)46(36(24(2)3)39(34)50)40(28)45(25,10)44(30,9)19-17-31(43)47/h11-14,18,22-23,25,30-31,35-36,38,47,49H,1-2,15-17,19-21H2,3-10H3/b14-12+,18-13+/t25-,30-,31-,35+,36-,38+,43-,44-,45+/m0/s1. The summed E-state index contributed by atoms with van der Waals surface area (Å²) < 4.78 is 14.0. The van der Waals surface area contributed by atoms with E-state index in [0.29, 0.717) is 17.9 Å². The van der Waals surface area contributed by atoms with Crippen molar-refractivity contribution in [2.24, 2.45) is 28.6 Å². The smallest absolute Gasteiger partial charge is 0.331 e. The van der Waals surface area contributed by atoms with Crippen LogP contribution in [0.1, 0.15) is 126 Å². The van der Waals surface area contributed by atoms with Crippen molar-refractivity contribution in [1.82, 2.24) is 4.57 Å². The van der Waals surface area contributed by atoms with Crippen molar-refractivity contribution >= 4 is 28.2 Å². The molecule has 6 aliphatic rings. The summed E-state index contributed by atoms with van der Waals surface area (Å²) >= 11 is 0. The molecule has 4 aliphatic carbocycles. The molecule has 8 rings (SSSR count). The number of hydrogen-bond donors (Lipinski definition) is 2. The lowest BCUT2D eigenvalue weighted by atomic mass is 9.40. The molecule has 52 heavy (non-hydrogen) atoms. The number of aliphatic hydroxyl groups is 2. The number of benzene rings is 1. The quantitative estimate of drug-likeness (QED) is 0.136. The van der Waals surface area contributed by atoms with Crippen LogP contribution in [0.3, 0.4) is 0 Å². The lowest BCUT2D eigenvalue weighted by Crippen LogP contribution is -2.62. The Labute approximate surface area is 308 Å². The van der Waals surface area contributed by atoms with Gasteiger partial charge in [0.1, 0.15) is 12.6 Å². The highest BCUT2D eigenvalue weighted by atomic mass is 16.5. The molecular formula is C45H55NO6. The Kier molecular flexibility index (Phi) is 7.68. The summed E-state index contributed by atoms with van der Waals surface area (Å²) in [6, 6.07) is 1.76. The molecule has 7 heteroatoms. The highest BCUT2D eigenvalue weighted by Gasteiger charge is 2.67. The molecule has 7 nitrogen and oxygen atoms in total. The number of aliphatic hydroxyl groups excluding tert-OH is 2. The first-order valence-electron chi connectivity index (χ1n) is 19.2. The fourth-order valence-corrected chi connectivity index (χ4v) is 12.7. The van der Waals surface area contributed by atoms with Crippen molar-refractivity contribution in [3.8, 4) is 0 Å². The van der Waals surface area contributed by atoms with Crippen LogP contribution >= 0.6 is 0 Å². The molecule has 0 spiro atoms. The molecule has 1 aromatic carbocycles. The molecule has 1 aromatic heterocycles. The van der Waals surface area contributed by atoms with E-state index in [-0.39, 0.29) is 35.1 Å². The van der Waals surface area contributed by atoms with Gasteiger partial charge in [0.15, 0.2) is 5.78 Å². The second kappa shape index (κ2) is 11.3. The molecule has 2 saturated carbocycles. The van der Waals surface area contributed by atoms with Gasteiger partial charge in [0.2, 0.25) is 0 Å². The van der Waals surface area contributed by atoms with Crippen molar-refractivity contribution < 1.29 is 29.3 Å². The molecule has 276 valence electrons. The molecule has 2 fully saturated rings. The number of ketones is 1. The molecular weight excluding hydrogens is 650 g/mol. The summed E-state index contributed by atoms with van der Waals surface area (Å²) in [5.41, 5.74) is 5.67. The van der Waals surface area contributed by atoms with Gasteiger partial charge in [-0.05, 0) is 113 Å². The number of carbonyl (C=O) groups excluding carboxylic acids is 2. The van der Waals surface area contributed by atoms with Gasteiger partial charge in [-0.2, -0.15) is 0 Å². The zero-order valence-electron chi connectivity index (χ0n) is 32.1. The summed E-state index contributed by atoms with van der Waals surface area (Å²) in [6.07, 6.45) is 13.9. The van der Waals surface area contributed by atoms with E-state index in [1.165, 1.54) is 17.3 Å². The van der Waals surface area contributed by atoms with E-state index in [0.717, 1.165) is 58.9 Å². The minimum Gasteiger partial charge on any atom is -0.458 e. The molecule has 0 amide bonds. The third-order valence-electron chi connectivity index (χ3n) is 14.8. The van der Waals surface area contributed by atoms with Gasteiger partial charge in [-0.1, -0.05) is 63.8 Å². The van der Waals surface area contributed by atoms with E-state index >= 15 is 0 Å². The van der Waals surface area contributed by atoms with Gasteiger partial charge in [0.25, 0.3) is 0 Å². The second-order valence-electron chi connectivity index (χ2n) is 18.5. The molecule has 2 aromatic rings. The minimum absolute atomic E-state index is 0.0261. The van der Waals surface area contributed by atoms with Gasteiger partial charge in [0, 0.05) is 39.5 Å². The lowest BCUT2D eigenvalue weighted by molar-refractivity contribution is -0.144. The van der Waals surface area contributed by atoms with Gasteiger partial charge < -0.3 is 24.3 Å². The average Bonchev–Trinajstić information content (AvgIpc) is 3.73. The maximum Gasteiger partial charge on any atom is 0.331 e. The first kappa shape index (κ1) is 35.5. The zero-order valence-corrected chi connectivity index (χ0v) is 32.1. The monoisotopic (exact) mass is 705 g/mol. The Bertz CT molecular complexity index is 2060. The number of aromatic nitrogens is 1. The maximum absolute atomic E-state index is 14.9. The van der Waals surface area contributed by atoms with Crippen LogP contribution in [0.4, 0.5) is 0 Å². The normalized spacial score (nSPS) is 37.8. The van der Waals surface area contributed by atoms with Gasteiger partial charge in [-0.15, -0.1) is 0 Å². The summed E-state index contributed by atoms with van der Waals surface area (Å²) in [6.45, 7) is 25.4. The van der Waals surface area contributed by atoms with Crippen molar-refractivity contribution in [3.05, 3.63) is 89.2 Å². The fraction of sp³-hybridized carbons (Fsp3) is 0.556. The van der Waals surface area contributed by atoms with E-state index in [9.17, 15) is 19.8 Å². The van der Waals surface area contributed by atoms with E-state index in [1.807, 2.05) is 13.0 Å². The SMILES string of the molecule is C=CCOC(=O)/C=C/C=C/[C@]1(C)[C@@H](O)CC[C@@]2(C)[C@H]1CC[C@H]1Cc3c(n4c5c(c6c(cc35)C3=CC(C)(C)OC(C)(C)[C@H]3[C@@H]6O)C(=O)[C@@H]4C(=C)C)[C@@]12C. The molecule has 9 atom stereocenters. The van der Waals surface area contributed by atoms with Gasteiger partial charge in [-0.3, -0.25) is 4.79 Å². The first-order valence-corrected chi connectivity index (χ1v) is 19.2. The fourth-order valence-electron chi connectivity index (χ4n) is 12.7. The van der Waals surface area contributed by atoms with Crippen LogP contribution in [0.25, 0.3) is 16.5 Å². The molecule has 2 N–H and O–H groups in total. The van der Waals surface area contributed by atoms with Gasteiger partial charge >= 0.3 is 5.97 Å². The Hall–Kier alpha value is -3.52. The molecule has 3 heterocycles. The molecule has 0 saturated heterocycles. The van der Waals surface area contributed by atoms with E-state index in [2.05, 4.69) is 84.4 Å². The van der Waals surface area contributed by atoms with Crippen LogP contribution in [-0.2, 0) is 26.1 Å². The van der Waals surface area contributed by atoms with Crippen LogP contribution in [-0.4, -0.2) is 50.4 Å². The van der Waals surface area contributed by atoms with Crippen molar-refractivity contribution in [2.45, 2.75) is 122 Å². The molecule has 2 aliphatic heterocycles. The van der Waals surface area contributed by atoms with Gasteiger partial charge in [-0.25, -0.2) is 4.79 Å². The molecule has 0 bridgehead atoms. The summed E-state index contributed by atoms with van der Waals surface area (Å²) in [7, 11) is 0. The molecule has 0 radical (unpaired) electrons. The highest BCUT2D eigenvalue weighted by molar-refractivity contribution is 6.18. The Morgan fingerprint density at radius 3 is 2.52 bits per heavy atom. The van der Waals surface area contributed by atoms with Crippen LogP contribution in [0, 0.1) is 28.6 Å². The number of ether oxygens (including phenoxy) is 2. The number of hydrogen-bond acceptors (Lipinski definition) is 6. The van der Waals surface area contributed by atoms with Crippen LogP contribution in [0.2, 0.25) is 0 Å². The maximum atomic E-state index is 14.9. The predicted molar refractivity (Wildman–Crippen MR) is 204 cm³/mol. The lowest BCUT2D eigenvalue weighted by Gasteiger charge is -2.64. The zero-order chi connectivity index (χ0) is 37.5. The number of fused-ring (bicyclic) bond motifs is 11. The van der Waals surface area contributed by atoms with Gasteiger partial charge in [0.05, 0.1) is 34.5 Å². The molecule has 0 unspecified atom stereocenters. The summed E-state index contributed by atoms with van der Waals surface area (Å²) in [5.74, 6) is -0.138. The third-order valence-corrected chi connectivity index (χ3v) is 14.8.